The van der Waals surface area contributed by atoms with Crippen LogP contribution in [0.25, 0.3) is 0 Å². The number of aliphatic carboxylic acids is 1. The summed E-state index contributed by atoms with van der Waals surface area (Å²) < 4.78 is 0. The van der Waals surface area contributed by atoms with Crippen LogP contribution in [-0.2, 0) is 4.79 Å². The predicted octanol–water partition coefficient (Wildman–Crippen LogP) is 0.982. The van der Waals surface area contributed by atoms with Gasteiger partial charge >= 0.3 is 5.97 Å². The van der Waals surface area contributed by atoms with E-state index in [2.05, 4.69) is 10.3 Å². The van der Waals surface area contributed by atoms with Gasteiger partial charge in [-0.05, 0) is 5.92 Å². The average Bonchev–Trinajstić information content (AvgIpc) is 2.65. The number of hydrogen-bond acceptors (Lipinski definition) is 4. The number of nitrogens with zero attached hydrogens (tertiary/aromatic N) is 1. The van der Waals surface area contributed by atoms with Crippen molar-refractivity contribution in [3.05, 3.63) is 16.6 Å². The molecular weight excluding hydrogens is 216 g/mol. The van der Waals surface area contributed by atoms with E-state index in [4.69, 9.17) is 5.11 Å². The topological polar surface area (TPSA) is 79.3 Å². The highest BCUT2D eigenvalue weighted by Crippen LogP contribution is 2.05. The van der Waals surface area contributed by atoms with Crippen molar-refractivity contribution in [3.8, 4) is 0 Å². The van der Waals surface area contributed by atoms with E-state index in [-0.39, 0.29) is 11.6 Å². The zero-order chi connectivity index (χ0) is 11.4. The van der Waals surface area contributed by atoms with Crippen molar-refractivity contribution in [3.63, 3.8) is 0 Å². The molecule has 0 bridgehead atoms. The molecule has 1 aromatic rings. The maximum atomic E-state index is 11.5. The van der Waals surface area contributed by atoms with Gasteiger partial charge in [0.05, 0.1) is 5.51 Å². The molecule has 1 unspecified atom stereocenters. The number of hydrogen-bond donors (Lipinski definition) is 2. The minimum atomic E-state index is -1.03. The first-order chi connectivity index (χ1) is 7.02. The molecular formula is C9H12N2O3S. The molecule has 0 radical (unpaired) electrons. The summed E-state index contributed by atoms with van der Waals surface area (Å²) in [6.07, 6.45) is 0. The quantitative estimate of drug-likeness (QED) is 0.805. The van der Waals surface area contributed by atoms with Crippen molar-refractivity contribution in [2.75, 3.05) is 0 Å². The number of carboxylic acid groups (broad SMARTS) is 1. The van der Waals surface area contributed by atoms with Crippen LogP contribution in [0.4, 0.5) is 0 Å². The lowest BCUT2D eigenvalue weighted by Crippen LogP contribution is -2.44. The molecule has 0 aromatic carbocycles. The van der Waals surface area contributed by atoms with Gasteiger partial charge < -0.3 is 10.4 Å². The van der Waals surface area contributed by atoms with Gasteiger partial charge in [0.1, 0.15) is 11.7 Å². The van der Waals surface area contributed by atoms with E-state index in [1.165, 1.54) is 16.8 Å². The molecule has 2 N–H and O–H groups in total. The molecule has 0 spiro atoms. The highest BCUT2D eigenvalue weighted by atomic mass is 32.1. The molecule has 1 rings (SSSR count). The van der Waals surface area contributed by atoms with Crippen LogP contribution in [0.2, 0.25) is 0 Å². The summed E-state index contributed by atoms with van der Waals surface area (Å²) >= 11 is 1.29. The maximum absolute atomic E-state index is 11.5. The standard InChI is InChI=1S/C9H12N2O3S/c1-5(2)7(9(13)14)11-8(12)6-3-15-4-10-6/h3-5,7H,1-2H3,(H,11,12)(H,13,14). The minimum Gasteiger partial charge on any atom is -0.480 e. The molecule has 5 nitrogen and oxygen atoms in total. The van der Waals surface area contributed by atoms with E-state index in [0.29, 0.717) is 0 Å². The fourth-order valence-electron chi connectivity index (χ4n) is 1.05. The van der Waals surface area contributed by atoms with Crippen LogP contribution in [0.1, 0.15) is 24.3 Å². The number of rotatable bonds is 4. The average molecular weight is 228 g/mol. The third-order valence-electron chi connectivity index (χ3n) is 1.88. The van der Waals surface area contributed by atoms with E-state index < -0.39 is 17.9 Å². The number of aromatic nitrogens is 1. The second kappa shape index (κ2) is 4.88. The summed E-state index contributed by atoms with van der Waals surface area (Å²) in [7, 11) is 0. The van der Waals surface area contributed by atoms with Gasteiger partial charge in [0.2, 0.25) is 0 Å². The Morgan fingerprint density at radius 1 is 1.53 bits per heavy atom. The Balaban J connectivity index is 2.67. The lowest BCUT2D eigenvalue weighted by Gasteiger charge is -2.16. The summed E-state index contributed by atoms with van der Waals surface area (Å²) in [6, 6.07) is -0.876. The molecule has 0 saturated carbocycles. The predicted molar refractivity (Wildman–Crippen MR) is 55.8 cm³/mol. The van der Waals surface area contributed by atoms with Gasteiger partial charge in [0.15, 0.2) is 0 Å². The van der Waals surface area contributed by atoms with Gasteiger partial charge in [0.25, 0.3) is 5.91 Å². The summed E-state index contributed by atoms with van der Waals surface area (Å²) in [5.41, 5.74) is 1.78. The fraction of sp³-hybridized carbons (Fsp3) is 0.444. The van der Waals surface area contributed by atoms with E-state index in [9.17, 15) is 9.59 Å². The third kappa shape index (κ3) is 3.02. The fourth-order valence-corrected chi connectivity index (χ4v) is 1.59. The van der Waals surface area contributed by atoms with E-state index in [1.54, 1.807) is 19.2 Å². The van der Waals surface area contributed by atoms with Crippen LogP contribution in [-0.4, -0.2) is 28.0 Å². The van der Waals surface area contributed by atoms with Crippen LogP contribution >= 0.6 is 11.3 Å². The Labute approximate surface area is 91.1 Å². The monoisotopic (exact) mass is 228 g/mol. The number of amides is 1. The van der Waals surface area contributed by atoms with Gasteiger partial charge in [-0.25, -0.2) is 9.78 Å². The van der Waals surface area contributed by atoms with Crippen LogP contribution in [0.3, 0.4) is 0 Å². The van der Waals surface area contributed by atoms with E-state index >= 15 is 0 Å². The highest BCUT2D eigenvalue weighted by molar-refractivity contribution is 7.07. The lowest BCUT2D eigenvalue weighted by molar-refractivity contribution is -0.140. The Morgan fingerprint density at radius 2 is 2.20 bits per heavy atom. The first-order valence-electron chi connectivity index (χ1n) is 4.44. The Kier molecular flexibility index (Phi) is 3.79. The Morgan fingerprint density at radius 3 is 2.60 bits per heavy atom. The van der Waals surface area contributed by atoms with E-state index in [1.807, 2.05) is 0 Å². The molecule has 0 aliphatic rings. The zero-order valence-corrected chi connectivity index (χ0v) is 9.25. The highest BCUT2D eigenvalue weighted by Gasteiger charge is 2.24. The molecule has 0 fully saturated rings. The third-order valence-corrected chi connectivity index (χ3v) is 2.47. The minimum absolute atomic E-state index is 0.162. The molecule has 0 aliphatic carbocycles. The van der Waals surface area contributed by atoms with E-state index in [0.717, 1.165) is 0 Å². The van der Waals surface area contributed by atoms with Crippen LogP contribution in [0, 0.1) is 5.92 Å². The molecule has 15 heavy (non-hydrogen) atoms. The van der Waals surface area contributed by atoms with Gasteiger partial charge in [-0.15, -0.1) is 11.3 Å². The first kappa shape index (κ1) is 11.6. The van der Waals surface area contributed by atoms with Crippen molar-refractivity contribution in [2.45, 2.75) is 19.9 Å². The summed E-state index contributed by atoms with van der Waals surface area (Å²) in [4.78, 5) is 26.1. The number of carboxylic acids is 1. The number of nitrogens with one attached hydrogen (secondary N) is 1. The molecule has 6 heteroatoms. The molecule has 1 atom stereocenters. The van der Waals surface area contributed by atoms with Crippen LogP contribution in [0.15, 0.2) is 10.9 Å². The Bertz CT molecular complexity index is 348. The van der Waals surface area contributed by atoms with Crippen LogP contribution < -0.4 is 5.32 Å². The normalized spacial score (nSPS) is 12.5. The number of carbonyl (C=O) groups excluding carboxylic acids is 1. The van der Waals surface area contributed by atoms with Crippen LogP contribution in [0.5, 0.6) is 0 Å². The van der Waals surface area contributed by atoms with Crippen molar-refractivity contribution >= 4 is 23.2 Å². The molecule has 1 aromatic heterocycles. The number of carbonyl (C=O) groups is 2. The van der Waals surface area contributed by atoms with Crippen molar-refractivity contribution in [1.29, 1.82) is 0 Å². The largest absolute Gasteiger partial charge is 0.480 e. The maximum Gasteiger partial charge on any atom is 0.326 e. The second-order valence-electron chi connectivity index (χ2n) is 3.41. The van der Waals surface area contributed by atoms with Gasteiger partial charge in [-0.1, -0.05) is 13.8 Å². The first-order valence-corrected chi connectivity index (χ1v) is 5.38. The number of thiazole rings is 1. The van der Waals surface area contributed by atoms with Crippen molar-refractivity contribution < 1.29 is 14.7 Å². The van der Waals surface area contributed by atoms with Crippen molar-refractivity contribution in [1.82, 2.24) is 10.3 Å². The lowest BCUT2D eigenvalue weighted by atomic mass is 10.0. The second-order valence-corrected chi connectivity index (χ2v) is 4.13. The molecule has 82 valence electrons. The van der Waals surface area contributed by atoms with Gasteiger partial charge in [0, 0.05) is 5.38 Å². The van der Waals surface area contributed by atoms with Gasteiger partial charge in [-0.2, -0.15) is 0 Å². The molecule has 0 saturated heterocycles. The SMILES string of the molecule is CC(C)C(NC(=O)c1cscn1)C(=O)O. The molecule has 1 amide bonds. The van der Waals surface area contributed by atoms with Gasteiger partial charge in [-0.3, -0.25) is 4.79 Å². The zero-order valence-electron chi connectivity index (χ0n) is 8.43. The Hall–Kier alpha value is -1.43. The van der Waals surface area contributed by atoms with Crippen molar-refractivity contribution in [2.24, 2.45) is 5.92 Å². The summed E-state index contributed by atoms with van der Waals surface area (Å²) in [5, 5.41) is 12.9. The smallest absolute Gasteiger partial charge is 0.326 e. The summed E-state index contributed by atoms with van der Waals surface area (Å²) in [5.74, 6) is -1.64. The molecule has 0 aliphatic heterocycles. The molecule has 1 heterocycles. The summed E-state index contributed by atoms with van der Waals surface area (Å²) in [6.45, 7) is 3.47.